The number of hydrazine groups is 1. The lowest BCUT2D eigenvalue weighted by Crippen LogP contribution is -2.79. The predicted molar refractivity (Wildman–Crippen MR) is 111 cm³/mol. The van der Waals surface area contributed by atoms with Gasteiger partial charge in [-0.2, -0.15) is 5.01 Å². The van der Waals surface area contributed by atoms with Gasteiger partial charge in [0.2, 0.25) is 0 Å². The van der Waals surface area contributed by atoms with Gasteiger partial charge < -0.3 is 0 Å². The molecule has 146 valence electrons. The van der Waals surface area contributed by atoms with Gasteiger partial charge in [-0.05, 0) is 86.0 Å². The molecule has 3 heteroatoms. The fourth-order valence-electron chi connectivity index (χ4n) is 7.18. The lowest BCUT2D eigenvalue weighted by atomic mass is 9.53. The summed E-state index contributed by atoms with van der Waals surface area (Å²) in [6.07, 6.45) is 6.86. The van der Waals surface area contributed by atoms with Crippen LogP contribution in [0.15, 0.2) is 42.5 Å². The van der Waals surface area contributed by atoms with Gasteiger partial charge >= 0.3 is 0 Å². The molecular formula is C25H30N2O. The van der Waals surface area contributed by atoms with Gasteiger partial charge in [0.15, 0.2) is 0 Å². The molecule has 4 bridgehead atoms. The SMILES string of the molecule is CC1(C)C(=O)N(C2C3CC4CC(C3)CC2C4)N1Cc1cccc2ccccc12. The van der Waals surface area contributed by atoms with Crippen LogP contribution < -0.4 is 0 Å². The van der Waals surface area contributed by atoms with E-state index >= 15 is 0 Å². The summed E-state index contributed by atoms with van der Waals surface area (Å²) in [7, 11) is 0. The van der Waals surface area contributed by atoms with Crippen LogP contribution in [0.5, 0.6) is 0 Å². The molecule has 5 aliphatic rings. The molecule has 2 aromatic carbocycles. The Morgan fingerprint density at radius 1 is 0.893 bits per heavy atom. The van der Waals surface area contributed by atoms with Crippen LogP contribution in [0.4, 0.5) is 0 Å². The number of benzene rings is 2. The Morgan fingerprint density at radius 2 is 1.54 bits per heavy atom. The first-order valence-electron chi connectivity index (χ1n) is 11.1. The maximum Gasteiger partial charge on any atom is 0.258 e. The number of hydrogen-bond acceptors (Lipinski definition) is 2. The van der Waals surface area contributed by atoms with E-state index in [1.165, 1.54) is 48.4 Å². The Kier molecular flexibility index (Phi) is 3.54. The first kappa shape index (κ1) is 17.0. The normalized spacial score (nSPS) is 36.1. The Morgan fingerprint density at radius 3 is 2.25 bits per heavy atom. The van der Waals surface area contributed by atoms with Crippen LogP contribution in [0.2, 0.25) is 0 Å². The molecule has 1 amide bonds. The van der Waals surface area contributed by atoms with Gasteiger partial charge in [-0.1, -0.05) is 42.5 Å². The maximum atomic E-state index is 13.3. The number of amides is 1. The second-order valence-corrected chi connectivity index (χ2v) is 10.3. The van der Waals surface area contributed by atoms with Crippen molar-refractivity contribution in [3.8, 4) is 0 Å². The zero-order valence-corrected chi connectivity index (χ0v) is 17.0. The van der Waals surface area contributed by atoms with Crippen molar-refractivity contribution in [2.45, 2.75) is 64.1 Å². The van der Waals surface area contributed by atoms with Crippen molar-refractivity contribution >= 4 is 16.7 Å². The third-order valence-electron chi connectivity index (χ3n) is 8.30. The highest BCUT2D eigenvalue weighted by Crippen LogP contribution is 2.57. The van der Waals surface area contributed by atoms with E-state index in [1.807, 2.05) is 0 Å². The van der Waals surface area contributed by atoms with E-state index in [1.54, 1.807) is 0 Å². The molecule has 1 aliphatic heterocycles. The van der Waals surface area contributed by atoms with E-state index in [2.05, 4.69) is 66.3 Å². The van der Waals surface area contributed by atoms with Crippen molar-refractivity contribution in [3.05, 3.63) is 48.0 Å². The highest BCUT2D eigenvalue weighted by molar-refractivity contribution is 5.91. The minimum Gasteiger partial charge on any atom is -0.271 e. The molecular weight excluding hydrogens is 344 g/mol. The van der Waals surface area contributed by atoms with Crippen LogP contribution in [0, 0.1) is 23.7 Å². The first-order chi connectivity index (χ1) is 13.5. The second-order valence-electron chi connectivity index (χ2n) is 10.3. The molecule has 1 heterocycles. The van der Waals surface area contributed by atoms with Crippen LogP contribution >= 0.6 is 0 Å². The van der Waals surface area contributed by atoms with Gasteiger partial charge in [-0.3, -0.25) is 9.80 Å². The molecule has 4 saturated carbocycles. The second kappa shape index (κ2) is 5.82. The molecule has 1 saturated heterocycles. The van der Waals surface area contributed by atoms with E-state index < -0.39 is 5.54 Å². The summed E-state index contributed by atoms with van der Waals surface area (Å²) >= 11 is 0. The van der Waals surface area contributed by atoms with Gasteiger partial charge in [0, 0.05) is 6.54 Å². The average Bonchev–Trinajstić information content (AvgIpc) is 2.69. The maximum absolute atomic E-state index is 13.3. The number of rotatable bonds is 3. The molecule has 0 unspecified atom stereocenters. The molecule has 3 nitrogen and oxygen atoms in total. The standard InChI is InChI=1S/C25H30N2O/c1-25(2)24(28)27(23-20-11-16-10-17(13-20)14-21(23)12-16)26(25)15-19-8-5-7-18-6-3-4-9-22(18)19/h3-9,16-17,20-21,23H,10-15H2,1-2H3. The van der Waals surface area contributed by atoms with Crippen LogP contribution in [-0.4, -0.2) is 27.5 Å². The van der Waals surface area contributed by atoms with Crippen LogP contribution in [0.1, 0.15) is 51.5 Å². The molecule has 4 aliphatic carbocycles. The summed E-state index contributed by atoms with van der Waals surface area (Å²) in [5.41, 5.74) is 0.929. The van der Waals surface area contributed by atoms with Gasteiger partial charge in [-0.15, -0.1) is 0 Å². The van der Waals surface area contributed by atoms with Crippen molar-refractivity contribution in [1.29, 1.82) is 0 Å². The van der Waals surface area contributed by atoms with E-state index in [0.717, 1.165) is 30.2 Å². The zero-order valence-electron chi connectivity index (χ0n) is 17.0. The topological polar surface area (TPSA) is 23.6 Å². The summed E-state index contributed by atoms with van der Waals surface area (Å²) in [5.74, 6) is 3.67. The fraction of sp³-hybridized carbons (Fsp3) is 0.560. The van der Waals surface area contributed by atoms with E-state index in [0.29, 0.717) is 11.9 Å². The molecule has 0 spiro atoms. The van der Waals surface area contributed by atoms with Gasteiger partial charge in [0.25, 0.3) is 5.91 Å². The van der Waals surface area contributed by atoms with Crippen LogP contribution in [-0.2, 0) is 11.3 Å². The third kappa shape index (κ3) is 2.29. The summed E-state index contributed by atoms with van der Waals surface area (Å²) in [6, 6.07) is 15.6. The largest absolute Gasteiger partial charge is 0.271 e. The Bertz CT molecular complexity index is 915. The number of fused-ring (bicyclic) bond motifs is 1. The molecule has 0 atom stereocenters. The quantitative estimate of drug-likeness (QED) is 0.755. The highest BCUT2D eigenvalue weighted by atomic mass is 16.2. The molecule has 0 N–H and O–H groups in total. The molecule has 0 aromatic heterocycles. The Labute approximate surface area is 167 Å². The van der Waals surface area contributed by atoms with Gasteiger partial charge in [0.05, 0.1) is 6.04 Å². The highest BCUT2D eigenvalue weighted by Gasteiger charge is 2.60. The summed E-state index contributed by atoms with van der Waals surface area (Å²) in [4.78, 5) is 13.3. The van der Waals surface area contributed by atoms with Crippen molar-refractivity contribution in [2.24, 2.45) is 23.7 Å². The van der Waals surface area contributed by atoms with Crippen LogP contribution in [0.25, 0.3) is 10.8 Å². The Balaban J connectivity index is 1.34. The van der Waals surface area contributed by atoms with E-state index in [9.17, 15) is 4.79 Å². The summed E-state index contributed by atoms with van der Waals surface area (Å²) in [6.45, 7) is 5.03. The van der Waals surface area contributed by atoms with Crippen molar-refractivity contribution in [2.75, 3.05) is 0 Å². The average molecular weight is 375 g/mol. The van der Waals surface area contributed by atoms with E-state index in [4.69, 9.17) is 0 Å². The first-order valence-corrected chi connectivity index (χ1v) is 11.1. The van der Waals surface area contributed by atoms with Gasteiger partial charge in [-0.25, -0.2) is 0 Å². The third-order valence-corrected chi connectivity index (χ3v) is 8.30. The molecule has 5 fully saturated rings. The van der Waals surface area contributed by atoms with Crippen molar-refractivity contribution in [3.63, 3.8) is 0 Å². The lowest BCUT2D eigenvalue weighted by molar-refractivity contribution is -0.251. The number of nitrogens with zero attached hydrogens (tertiary/aromatic N) is 2. The smallest absolute Gasteiger partial charge is 0.258 e. The predicted octanol–water partition coefficient (Wildman–Crippen LogP) is 5.00. The van der Waals surface area contributed by atoms with E-state index in [-0.39, 0.29) is 0 Å². The van der Waals surface area contributed by atoms with Gasteiger partial charge in [0.1, 0.15) is 5.54 Å². The minimum atomic E-state index is -0.397. The number of hydrogen-bond donors (Lipinski definition) is 0. The molecule has 2 aromatic rings. The lowest BCUT2D eigenvalue weighted by Gasteiger charge is -2.65. The monoisotopic (exact) mass is 374 g/mol. The fourth-order valence-corrected chi connectivity index (χ4v) is 7.18. The summed E-state index contributed by atoms with van der Waals surface area (Å²) in [5, 5.41) is 7.20. The molecule has 0 radical (unpaired) electrons. The zero-order chi connectivity index (χ0) is 19.0. The minimum absolute atomic E-state index is 0.338. The van der Waals surface area contributed by atoms with Crippen LogP contribution in [0.3, 0.4) is 0 Å². The molecule has 7 rings (SSSR count). The number of carbonyl (C=O) groups is 1. The summed E-state index contributed by atoms with van der Waals surface area (Å²) < 4.78 is 0. The van der Waals surface area contributed by atoms with Crippen molar-refractivity contribution < 1.29 is 4.79 Å². The molecule has 28 heavy (non-hydrogen) atoms. The number of carbonyl (C=O) groups excluding carboxylic acids is 1. The Hall–Kier alpha value is -1.87. The van der Waals surface area contributed by atoms with Crippen molar-refractivity contribution in [1.82, 2.24) is 10.0 Å².